The second-order valence-corrected chi connectivity index (χ2v) is 4.76. The Bertz CT molecular complexity index is 505. The Kier molecular flexibility index (Phi) is 2.41. The maximum atomic E-state index is 10.9. The van der Waals surface area contributed by atoms with E-state index >= 15 is 0 Å². The first-order chi connectivity index (χ1) is 8.52. The Labute approximate surface area is 103 Å². The van der Waals surface area contributed by atoms with Crippen molar-refractivity contribution in [3.8, 4) is 12.1 Å². The maximum absolute atomic E-state index is 10.9. The molecule has 2 N–H and O–H groups in total. The highest BCUT2D eigenvalue weighted by atomic mass is 16.1. The van der Waals surface area contributed by atoms with Crippen LogP contribution in [0.5, 0.6) is 0 Å². The Morgan fingerprint density at radius 3 is 1.56 bits per heavy atom. The maximum Gasteiger partial charge on any atom is 0.128 e. The van der Waals surface area contributed by atoms with Gasteiger partial charge in [-0.15, -0.1) is 0 Å². The molecule has 90 valence electrons. The van der Waals surface area contributed by atoms with E-state index in [0.29, 0.717) is 12.6 Å². The molecule has 2 aliphatic rings. The summed E-state index contributed by atoms with van der Waals surface area (Å²) in [6.45, 7) is 0. The summed E-state index contributed by atoms with van der Waals surface area (Å²) >= 11 is 0. The second-order valence-electron chi connectivity index (χ2n) is 4.76. The monoisotopic (exact) mass is 242 g/mol. The van der Waals surface area contributed by atoms with Gasteiger partial charge in [-0.3, -0.25) is 0 Å². The first-order valence-electron chi connectivity index (χ1n) is 5.44. The molecule has 1 unspecified atom stereocenters. The molecule has 6 heteroatoms. The van der Waals surface area contributed by atoms with Gasteiger partial charge in [0.05, 0.1) is 24.0 Å². The van der Waals surface area contributed by atoms with Crippen LogP contribution in [0.25, 0.3) is 0 Å². The topological polar surface area (TPSA) is 129 Å². The summed E-state index contributed by atoms with van der Waals surface area (Å²) < 4.78 is 0. The molecule has 0 aromatic heterocycles. The molecule has 2 saturated carbocycles. The predicted molar refractivity (Wildman–Crippen MR) is 59.9 cm³/mol. The molecule has 0 radical (unpaired) electrons. The summed E-state index contributed by atoms with van der Waals surface area (Å²) in [4.78, 5) is 21.8. The standard InChI is InChI=1S/C12H10N4O2/c13-5-11-1-7(3-17)9(15)12(11,6-14)2-8(4-18)10(11)16/h3-4,7-8,15-16H,1-2H2/t7-,8?,11-,12+/m1/s1. The highest BCUT2D eigenvalue weighted by molar-refractivity contribution is 6.16. The van der Waals surface area contributed by atoms with Gasteiger partial charge in [-0.1, -0.05) is 0 Å². The zero-order valence-electron chi connectivity index (χ0n) is 9.43. The number of hydrogen-bond donors (Lipinski definition) is 2. The van der Waals surface area contributed by atoms with Crippen LogP contribution in [0.3, 0.4) is 0 Å². The molecule has 2 fully saturated rings. The minimum atomic E-state index is -1.49. The molecule has 4 atom stereocenters. The molecule has 0 aromatic rings. The van der Waals surface area contributed by atoms with E-state index in [0.717, 1.165) is 0 Å². The molecule has 2 aliphatic carbocycles. The summed E-state index contributed by atoms with van der Waals surface area (Å²) in [6.07, 6.45) is 1.01. The third-order valence-electron chi connectivity index (χ3n) is 4.15. The molecule has 0 bridgehead atoms. The number of fused-ring (bicyclic) bond motifs is 1. The van der Waals surface area contributed by atoms with Gasteiger partial charge in [0.2, 0.25) is 0 Å². The predicted octanol–water partition coefficient (Wildman–Crippen LogP) is 0.483. The van der Waals surface area contributed by atoms with Crippen molar-refractivity contribution in [3.05, 3.63) is 0 Å². The first-order valence-corrected chi connectivity index (χ1v) is 5.44. The molecule has 18 heavy (non-hydrogen) atoms. The minimum absolute atomic E-state index is 0.0391. The lowest BCUT2D eigenvalue weighted by Gasteiger charge is -2.27. The van der Waals surface area contributed by atoms with Gasteiger partial charge in [0, 0.05) is 11.4 Å². The number of nitrogens with one attached hydrogen (secondary N) is 2. The van der Waals surface area contributed by atoms with Crippen LogP contribution < -0.4 is 0 Å². The molecular formula is C12H10N4O2. The summed E-state index contributed by atoms with van der Waals surface area (Å²) in [5.74, 6) is -1.62. The first kappa shape index (κ1) is 12.1. The van der Waals surface area contributed by atoms with Gasteiger partial charge in [-0.05, 0) is 12.8 Å². The number of aldehydes is 2. The lowest BCUT2D eigenvalue weighted by molar-refractivity contribution is -0.110. The molecule has 0 saturated heterocycles. The number of carbonyl (C=O) groups excluding carboxylic acids is 2. The van der Waals surface area contributed by atoms with Crippen molar-refractivity contribution in [2.24, 2.45) is 22.7 Å². The van der Waals surface area contributed by atoms with E-state index in [9.17, 15) is 20.1 Å². The summed E-state index contributed by atoms with van der Waals surface area (Å²) in [5.41, 5.74) is -3.24. The molecular weight excluding hydrogens is 232 g/mol. The van der Waals surface area contributed by atoms with Gasteiger partial charge in [0.1, 0.15) is 23.4 Å². The molecule has 0 spiro atoms. The Balaban J connectivity index is 2.68. The van der Waals surface area contributed by atoms with Crippen molar-refractivity contribution in [2.75, 3.05) is 0 Å². The zero-order chi connectivity index (χ0) is 13.6. The molecule has 0 heterocycles. The van der Waals surface area contributed by atoms with E-state index in [1.165, 1.54) is 0 Å². The lowest BCUT2D eigenvalue weighted by atomic mass is 9.69. The fourth-order valence-corrected chi connectivity index (χ4v) is 3.16. The third-order valence-corrected chi connectivity index (χ3v) is 4.15. The number of carbonyl (C=O) groups is 2. The number of rotatable bonds is 2. The largest absolute Gasteiger partial charge is 0.307 e. The summed E-state index contributed by atoms with van der Waals surface area (Å²) in [5, 5.41) is 34.6. The normalized spacial score (nSPS) is 41.9. The number of nitriles is 2. The van der Waals surface area contributed by atoms with Gasteiger partial charge in [0.25, 0.3) is 0 Å². The molecule has 0 amide bonds. The van der Waals surface area contributed by atoms with E-state index in [1.807, 2.05) is 12.1 Å². The van der Waals surface area contributed by atoms with Crippen molar-refractivity contribution in [3.63, 3.8) is 0 Å². The van der Waals surface area contributed by atoms with Crippen molar-refractivity contribution >= 4 is 24.0 Å². The van der Waals surface area contributed by atoms with Gasteiger partial charge in [-0.25, -0.2) is 0 Å². The Hall–Kier alpha value is -2.34. The van der Waals surface area contributed by atoms with E-state index in [-0.39, 0.29) is 24.3 Å². The van der Waals surface area contributed by atoms with Gasteiger partial charge < -0.3 is 20.4 Å². The van der Waals surface area contributed by atoms with Crippen molar-refractivity contribution in [1.82, 2.24) is 0 Å². The average molecular weight is 242 g/mol. The van der Waals surface area contributed by atoms with Gasteiger partial charge in [-0.2, -0.15) is 10.5 Å². The van der Waals surface area contributed by atoms with E-state index < -0.39 is 22.7 Å². The van der Waals surface area contributed by atoms with Crippen LogP contribution >= 0.6 is 0 Å². The second kappa shape index (κ2) is 3.58. The molecule has 2 rings (SSSR count). The van der Waals surface area contributed by atoms with Crippen molar-refractivity contribution in [1.29, 1.82) is 21.3 Å². The van der Waals surface area contributed by atoms with Crippen LogP contribution in [0.15, 0.2) is 0 Å². The average Bonchev–Trinajstić information content (AvgIpc) is 2.79. The van der Waals surface area contributed by atoms with E-state index in [2.05, 4.69) is 0 Å². The number of nitrogens with zero attached hydrogens (tertiary/aromatic N) is 2. The SMILES string of the molecule is N#C[C@@]12C[C@H](C=O)C(=N)[C@@]1(C#N)CC(C=O)C2=N. The van der Waals surface area contributed by atoms with Crippen LogP contribution in [0.2, 0.25) is 0 Å². The fraction of sp³-hybridized carbons (Fsp3) is 0.500. The summed E-state index contributed by atoms with van der Waals surface area (Å²) in [6, 6.07) is 3.87. The summed E-state index contributed by atoms with van der Waals surface area (Å²) in [7, 11) is 0. The zero-order valence-corrected chi connectivity index (χ0v) is 9.43. The minimum Gasteiger partial charge on any atom is -0.307 e. The van der Waals surface area contributed by atoms with Gasteiger partial charge >= 0.3 is 0 Å². The Morgan fingerprint density at radius 2 is 1.33 bits per heavy atom. The van der Waals surface area contributed by atoms with Crippen LogP contribution in [-0.4, -0.2) is 24.0 Å². The smallest absolute Gasteiger partial charge is 0.128 e. The number of hydrogen-bond acceptors (Lipinski definition) is 6. The fourth-order valence-electron chi connectivity index (χ4n) is 3.16. The van der Waals surface area contributed by atoms with Crippen LogP contribution in [0.1, 0.15) is 12.8 Å². The van der Waals surface area contributed by atoms with Crippen LogP contribution in [0.4, 0.5) is 0 Å². The molecule has 6 nitrogen and oxygen atoms in total. The van der Waals surface area contributed by atoms with E-state index in [1.54, 1.807) is 0 Å². The van der Waals surface area contributed by atoms with Crippen molar-refractivity contribution in [2.45, 2.75) is 12.8 Å². The molecule has 0 aromatic carbocycles. The van der Waals surface area contributed by atoms with Crippen LogP contribution in [0, 0.1) is 56.1 Å². The molecule has 0 aliphatic heterocycles. The highest BCUT2D eigenvalue weighted by Crippen LogP contribution is 2.61. The Morgan fingerprint density at radius 1 is 1.00 bits per heavy atom. The van der Waals surface area contributed by atoms with Crippen LogP contribution in [-0.2, 0) is 9.59 Å². The third kappa shape index (κ3) is 1.01. The highest BCUT2D eigenvalue weighted by Gasteiger charge is 2.71. The quantitative estimate of drug-likeness (QED) is 0.682. The van der Waals surface area contributed by atoms with Crippen molar-refractivity contribution < 1.29 is 9.59 Å². The van der Waals surface area contributed by atoms with Gasteiger partial charge in [0.15, 0.2) is 0 Å². The van der Waals surface area contributed by atoms with E-state index in [4.69, 9.17) is 10.8 Å². The lowest BCUT2D eigenvalue weighted by Crippen LogP contribution is -2.38.